The highest BCUT2D eigenvalue weighted by Gasteiger charge is 2.20. The van der Waals surface area contributed by atoms with Crippen LogP contribution in [0.15, 0.2) is 249 Å². The second-order valence-corrected chi connectivity index (χ2v) is 19.3. The van der Waals surface area contributed by atoms with Crippen LogP contribution in [0.4, 0.5) is 17.1 Å². The molecule has 0 N–H and O–H groups in total. The minimum Gasteiger partial charge on any atom is -0.310 e. The Balaban J connectivity index is 0.968. The molecule has 2 heterocycles. The van der Waals surface area contributed by atoms with Gasteiger partial charge in [0.15, 0.2) is 0 Å². The molecule has 11 aromatic carbocycles. The first kappa shape index (κ1) is 39.3. The second kappa shape index (κ2) is 16.4. The number of fused-ring (bicyclic) bond motifs is 7. The van der Waals surface area contributed by atoms with Crippen molar-refractivity contribution < 1.29 is 0 Å². The molecule has 0 aliphatic heterocycles. The highest BCUT2D eigenvalue weighted by atomic mass is 32.1. The van der Waals surface area contributed by atoms with Gasteiger partial charge in [-0.3, -0.25) is 0 Å². The molecule has 1 nitrogen and oxygen atoms in total. The predicted octanol–water partition coefficient (Wildman–Crippen LogP) is 19.4. The number of hydrogen-bond donors (Lipinski definition) is 0. The fraction of sp³-hybridized carbons (Fsp3) is 0. The molecule has 0 saturated heterocycles. The van der Waals surface area contributed by atoms with Gasteiger partial charge in [0.2, 0.25) is 0 Å². The van der Waals surface area contributed by atoms with E-state index in [0.717, 1.165) is 17.1 Å². The molecule has 2 aromatic heterocycles. The van der Waals surface area contributed by atoms with Gasteiger partial charge in [-0.25, -0.2) is 0 Å². The van der Waals surface area contributed by atoms with Gasteiger partial charge in [0.1, 0.15) is 0 Å². The molecule has 0 saturated carbocycles. The number of hydrogen-bond acceptors (Lipinski definition) is 3. The summed E-state index contributed by atoms with van der Waals surface area (Å²) in [4.78, 5) is 2.44. The van der Waals surface area contributed by atoms with Crippen LogP contribution in [0, 0.1) is 0 Å². The van der Waals surface area contributed by atoms with E-state index in [1.807, 2.05) is 22.7 Å². The van der Waals surface area contributed by atoms with Gasteiger partial charge < -0.3 is 4.90 Å². The molecule has 3 heteroatoms. The normalized spacial score (nSPS) is 11.6. The number of rotatable bonds is 8. The van der Waals surface area contributed by atoms with E-state index in [9.17, 15) is 0 Å². The largest absolute Gasteiger partial charge is 0.310 e. The van der Waals surface area contributed by atoms with Crippen LogP contribution in [-0.4, -0.2) is 0 Å². The Morgan fingerprint density at radius 2 is 0.657 bits per heavy atom. The third-order valence-electron chi connectivity index (χ3n) is 13.3. The van der Waals surface area contributed by atoms with E-state index in [4.69, 9.17) is 0 Å². The SMILES string of the molecule is c1ccc(-c2cc(-c3ccccc3)cc(-c3ccc(N(c4ccc(-c5cccc6c5sc5ccccc56)cc4)c4ccc(-c5cccc6c5sc5ccccc56)cc4)c4ccccc34)c2)cc1. The summed E-state index contributed by atoms with van der Waals surface area (Å²) in [6.07, 6.45) is 0. The minimum absolute atomic E-state index is 1.10. The molecule has 0 atom stereocenters. The molecule has 0 spiro atoms. The summed E-state index contributed by atoms with van der Waals surface area (Å²) in [5.41, 5.74) is 15.5. The van der Waals surface area contributed by atoms with Crippen molar-refractivity contribution in [3.8, 4) is 55.6 Å². The quantitative estimate of drug-likeness (QED) is 0.147. The third-order valence-corrected chi connectivity index (χ3v) is 15.7. The first-order valence-corrected chi connectivity index (χ1v) is 24.4. The van der Waals surface area contributed by atoms with Crippen LogP contribution in [0.25, 0.3) is 107 Å². The first-order valence-electron chi connectivity index (χ1n) is 22.8. The van der Waals surface area contributed by atoms with Gasteiger partial charge in [-0.2, -0.15) is 0 Å². The molecular weight excluding hydrogens is 847 g/mol. The highest BCUT2D eigenvalue weighted by molar-refractivity contribution is 7.26. The van der Waals surface area contributed by atoms with Gasteiger partial charge >= 0.3 is 0 Å². The molecule has 0 aliphatic carbocycles. The van der Waals surface area contributed by atoms with Crippen LogP contribution in [0.3, 0.4) is 0 Å². The van der Waals surface area contributed by atoms with Crippen molar-refractivity contribution in [1.82, 2.24) is 0 Å². The monoisotopic (exact) mass is 887 g/mol. The molecule has 0 bridgehead atoms. The molecule has 0 unspecified atom stereocenters. The van der Waals surface area contributed by atoms with Crippen molar-refractivity contribution in [3.05, 3.63) is 249 Å². The molecule has 13 aromatic rings. The molecule has 0 aliphatic rings. The Labute approximate surface area is 397 Å². The van der Waals surface area contributed by atoms with E-state index in [1.54, 1.807) is 0 Å². The third kappa shape index (κ3) is 6.91. The number of nitrogens with zero attached hydrogens (tertiary/aromatic N) is 1. The lowest BCUT2D eigenvalue weighted by molar-refractivity contribution is 1.30. The standard InChI is InChI=1S/C64H41NS2/c1-3-15-42(16-4-1)46-39-47(43-17-5-2-6-18-43)41-48(40-46)51-37-38-60(55-20-8-7-19-54(51)55)65(49-33-29-44(30-34-49)52-23-13-25-58-56-21-9-11-27-61(56)66-63(52)58)50-35-31-45(32-36-50)53-24-14-26-59-57-22-10-12-28-62(57)67-64(53)59/h1-41H. The Morgan fingerprint density at radius 3 is 1.16 bits per heavy atom. The zero-order valence-electron chi connectivity index (χ0n) is 36.4. The number of benzene rings is 11. The van der Waals surface area contributed by atoms with Gasteiger partial charge in [-0.1, -0.05) is 188 Å². The summed E-state index contributed by atoms with van der Waals surface area (Å²) >= 11 is 3.76. The van der Waals surface area contributed by atoms with Gasteiger partial charge in [0, 0.05) is 57.1 Å². The van der Waals surface area contributed by atoms with Crippen molar-refractivity contribution in [2.24, 2.45) is 0 Å². The second-order valence-electron chi connectivity index (χ2n) is 17.2. The van der Waals surface area contributed by atoms with Crippen molar-refractivity contribution in [1.29, 1.82) is 0 Å². The lowest BCUT2D eigenvalue weighted by Gasteiger charge is -2.28. The summed E-state index contributed by atoms with van der Waals surface area (Å²) in [5, 5.41) is 7.65. The summed E-state index contributed by atoms with van der Waals surface area (Å²) in [6.45, 7) is 0. The Morgan fingerprint density at radius 1 is 0.239 bits per heavy atom. The van der Waals surface area contributed by atoms with Crippen molar-refractivity contribution in [3.63, 3.8) is 0 Å². The average molecular weight is 888 g/mol. The number of thiophene rings is 2. The van der Waals surface area contributed by atoms with Gasteiger partial charge in [-0.05, 0) is 122 Å². The minimum atomic E-state index is 1.10. The molecule has 0 radical (unpaired) electrons. The zero-order chi connectivity index (χ0) is 44.3. The summed E-state index contributed by atoms with van der Waals surface area (Å²) in [7, 11) is 0. The van der Waals surface area contributed by atoms with Crippen LogP contribution in [0.5, 0.6) is 0 Å². The van der Waals surface area contributed by atoms with Crippen LogP contribution in [0.1, 0.15) is 0 Å². The first-order chi connectivity index (χ1) is 33.2. The summed E-state index contributed by atoms with van der Waals surface area (Å²) in [5.74, 6) is 0. The van der Waals surface area contributed by atoms with E-state index in [2.05, 4.69) is 254 Å². The Kier molecular flexibility index (Phi) is 9.63. The number of anilines is 3. The summed E-state index contributed by atoms with van der Waals surface area (Å²) < 4.78 is 5.29. The maximum atomic E-state index is 2.44. The molecule has 0 fully saturated rings. The van der Waals surface area contributed by atoms with Crippen molar-refractivity contribution >= 4 is 90.9 Å². The predicted molar refractivity (Wildman–Crippen MR) is 292 cm³/mol. The lowest BCUT2D eigenvalue weighted by atomic mass is 9.90. The smallest absolute Gasteiger partial charge is 0.0540 e. The fourth-order valence-corrected chi connectivity index (χ4v) is 12.5. The van der Waals surface area contributed by atoms with Gasteiger partial charge in [-0.15, -0.1) is 22.7 Å². The van der Waals surface area contributed by atoms with Crippen molar-refractivity contribution in [2.45, 2.75) is 0 Å². The van der Waals surface area contributed by atoms with Crippen LogP contribution in [-0.2, 0) is 0 Å². The molecule has 13 rings (SSSR count). The molecule has 67 heavy (non-hydrogen) atoms. The molecular formula is C64H41NS2. The topological polar surface area (TPSA) is 3.24 Å². The van der Waals surface area contributed by atoms with Crippen LogP contribution >= 0.6 is 22.7 Å². The van der Waals surface area contributed by atoms with E-state index in [0.29, 0.717) is 0 Å². The zero-order valence-corrected chi connectivity index (χ0v) is 38.1. The average Bonchev–Trinajstić information content (AvgIpc) is 3.99. The van der Waals surface area contributed by atoms with Crippen LogP contribution < -0.4 is 4.90 Å². The van der Waals surface area contributed by atoms with E-state index in [-0.39, 0.29) is 0 Å². The molecule has 314 valence electrons. The van der Waals surface area contributed by atoms with E-state index in [1.165, 1.54) is 107 Å². The fourth-order valence-electron chi connectivity index (χ4n) is 10.1. The van der Waals surface area contributed by atoms with E-state index < -0.39 is 0 Å². The van der Waals surface area contributed by atoms with Crippen LogP contribution in [0.2, 0.25) is 0 Å². The van der Waals surface area contributed by atoms with Gasteiger partial charge in [0.25, 0.3) is 0 Å². The maximum Gasteiger partial charge on any atom is 0.0540 e. The molecule has 0 amide bonds. The maximum absolute atomic E-state index is 2.44. The summed E-state index contributed by atoms with van der Waals surface area (Å²) in [6, 6.07) is 91.4. The highest BCUT2D eigenvalue weighted by Crippen LogP contribution is 2.46. The van der Waals surface area contributed by atoms with Gasteiger partial charge in [0.05, 0.1) is 5.69 Å². The Bertz CT molecular complexity index is 3740. The van der Waals surface area contributed by atoms with Crippen molar-refractivity contribution in [2.75, 3.05) is 4.90 Å². The lowest BCUT2D eigenvalue weighted by Crippen LogP contribution is -2.10. The van der Waals surface area contributed by atoms with E-state index >= 15 is 0 Å². The Hall–Kier alpha value is -8.08.